The smallest absolute Gasteiger partial charge is 0.335 e. The minimum absolute atomic E-state index is 0.331. The van der Waals surface area contributed by atoms with Crippen molar-refractivity contribution in [2.45, 2.75) is 51.4 Å². The van der Waals surface area contributed by atoms with Crippen molar-refractivity contribution >= 4 is 5.97 Å². The fraction of sp³-hybridized carbons (Fsp3) is 0.500. The number of unbranched alkanes of at least 4 members (excludes halogenated alkanes) is 7. The molecule has 0 bridgehead atoms. The quantitative estimate of drug-likeness (QED) is 0.486. The van der Waals surface area contributed by atoms with E-state index in [9.17, 15) is 4.79 Å². The molecule has 0 radical (unpaired) electrons. The first-order valence-corrected chi connectivity index (χ1v) is 7.72. The van der Waals surface area contributed by atoms with Crippen LogP contribution in [0.15, 0.2) is 43.0 Å². The molecule has 0 aromatic heterocycles. The van der Waals surface area contributed by atoms with E-state index in [1.807, 2.05) is 6.08 Å². The zero-order chi connectivity index (χ0) is 15.8. The van der Waals surface area contributed by atoms with Gasteiger partial charge in [-0.2, -0.15) is 0 Å². The van der Waals surface area contributed by atoms with Crippen LogP contribution in [-0.4, -0.2) is 22.8 Å². The van der Waals surface area contributed by atoms with Gasteiger partial charge in [0.15, 0.2) is 0 Å². The molecule has 1 aromatic carbocycles. The van der Waals surface area contributed by atoms with Gasteiger partial charge in [-0.1, -0.05) is 56.4 Å². The van der Waals surface area contributed by atoms with Crippen LogP contribution in [0.1, 0.15) is 61.7 Å². The van der Waals surface area contributed by atoms with E-state index in [0.29, 0.717) is 12.2 Å². The summed E-state index contributed by atoms with van der Waals surface area (Å²) in [5.41, 5.74) is 0.331. The van der Waals surface area contributed by atoms with Crippen molar-refractivity contribution in [1.82, 2.24) is 0 Å². The number of aliphatic hydroxyl groups excluding tert-OH is 1. The zero-order valence-electron chi connectivity index (χ0n) is 12.8. The van der Waals surface area contributed by atoms with Crippen molar-refractivity contribution in [3.8, 4) is 0 Å². The third-order valence-electron chi connectivity index (χ3n) is 3.09. The molecule has 3 heteroatoms. The molecule has 118 valence electrons. The number of aromatic carboxylic acids is 1. The van der Waals surface area contributed by atoms with Crippen LogP contribution < -0.4 is 0 Å². The lowest BCUT2D eigenvalue weighted by molar-refractivity contribution is 0.0697. The molecule has 2 N–H and O–H groups in total. The Balaban J connectivity index is 0.000000394. The van der Waals surface area contributed by atoms with Crippen LogP contribution in [0.5, 0.6) is 0 Å². The Morgan fingerprint density at radius 2 is 1.48 bits per heavy atom. The van der Waals surface area contributed by atoms with Crippen LogP contribution >= 0.6 is 0 Å². The molecular formula is C18H28O3. The molecule has 0 saturated carbocycles. The largest absolute Gasteiger partial charge is 0.478 e. The Labute approximate surface area is 128 Å². The lowest BCUT2D eigenvalue weighted by Gasteiger charge is -1.99. The van der Waals surface area contributed by atoms with Gasteiger partial charge in [-0.05, 0) is 31.4 Å². The van der Waals surface area contributed by atoms with Gasteiger partial charge in [0.1, 0.15) is 0 Å². The van der Waals surface area contributed by atoms with Gasteiger partial charge in [-0.3, -0.25) is 0 Å². The van der Waals surface area contributed by atoms with Gasteiger partial charge >= 0.3 is 5.97 Å². The maximum absolute atomic E-state index is 10.2. The molecule has 0 heterocycles. The second-order valence-electron chi connectivity index (χ2n) is 4.95. The standard InChI is InChI=1S/C11H22O.C7H6O2/c1-2-3-4-5-6-7-8-9-10-11-12;8-7(9)6-4-2-1-3-5-6/h2,12H,1,3-11H2;1-5H,(H,8,9). The molecule has 0 unspecified atom stereocenters. The topological polar surface area (TPSA) is 57.5 Å². The fourth-order valence-corrected chi connectivity index (χ4v) is 1.87. The Morgan fingerprint density at radius 1 is 0.952 bits per heavy atom. The third-order valence-corrected chi connectivity index (χ3v) is 3.09. The van der Waals surface area contributed by atoms with Gasteiger partial charge in [-0.15, -0.1) is 6.58 Å². The predicted octanol–water partition coefficient (Wildman–Crippen LogP) is 4.67. The second-order valence-corrected chi connectivity index (χ2v) is 4.95. The summed E-state index contributed by atoms with van der Waals surface area (Å²) in [5, 5.41) is 16.9. The van der Waals surface area contributed by atoms with E-state index < -0.39 is 5.97 Å². The first kappa shape index (κ1) is 19.4. The van der Waals surface area contributed by atoms with Gasteiger partial charge < -0.3 is 10.2 Å². The molecule has 21 heavy (non-hydrogen) atoms. The summed E-state index contributed by atoms with van der Waals surface area (Å²) in [5.74, 6) is -0.879. The number of carbonyl (C=O) groups is 1. The van der Waals surface area contributed by atoms with Gasteiger partial charge in [0.25, 0.3) is 0 Å². The van der Waals surface area contributed by atoms with E-state index in [1.165, 1.54) is 38.5 Å². The molecule has 0 saturated heterocycles. The van der Waals surface area contributed by atoms with Crippen molar-refractivity contribution < 1.29 is 15.0 Å². The van der Waals surface area contributed by atoms with Gasteiger partial charge in [0.05, 0.1) is 5.56 Å². The molecule has 3 nitrogen and oxygen atoms in total. The Hall–Kier alpha value is -1.61. The minimum atomic E-state index is -0.879. The van der Waals surface area contributed by atoms with E-state index in [1.54, 1.807) is 30.3 Å². The third kappa shape index (κ3) is 13.1. The maximum Gasteiger partial charge on any atom is 0.335 e. The minimum Gasteiger partial charge on any atom is -0.478 e. The monoisotopic (exact) mass is 292 g/mol. The number of hydrogen-bond donors (Lipinski definition) is 2. The van der Waals surface area contributed by atoms with Gasteiger partial charge in [0.2, 0.25) is 0 Å². The molecule has 0 fully saturated rings. The maximum atomic E-state index is 10.2. The van der Waals surface area contributed by atoms with Crippen LogP contribution in [0.2, 0.25) is 0 Å². The van der Waals surface area contributed by atoms with Crippen LogP contribution in [0, 0.1) is 0 Å². The molecule has 0 aliphatic carbocycles. The number of carboxylic acid groups (broad SMARTS) is 1. The van der Waals surface area contributed by atoms with Crippen LogP contribution in [0.25, 0.3) is 0 Å². The van der Waals surface area contributed by atoms with E-state index >= 15 is 0 Å². The highest BCUT2D eigenvalue weighted by molar-refractivity contribution is 5.87. The molecular weight excluding hydrogens is 264 g/mol. The molecule has 0 spiro atoms. The fourth-order valence-electron chi connectivity index (χ4n) is 1.87. The summed E-state index contributed by atoms with van der Waals surface area (Å²) >= 11 is 0. The van der Waals surface area contributed by atoms with Crippen LogP contribution in [0.3, 0.4) is 0 Å². The number of carboxylic acids is 1. The van der Waals surface area contributed by atoms with E-state index in [0.717, 1.165) is 12.8 Å². The summed E-state index contributed by atoms with van der Waals surface area (Å²) < 4.78 is 0. The lowest BCUT2D eigenvalue weighted by Crippen LogP contribution is -1.93. The summed E-state index contributed by atoms with van der Waals surface area (Å²) in [7, 11) is 0. The van der Waals surface area contributed by atoms with Crippen molar-refractivity contribution in [2.24, 2.45) is 0 Å². The molecule has 0 atom stereocenters. The van der Waals surface area contributed by atoms with E-state index in [4.69, 9.17) is 10.2 Å². The van der Waals surface area contributed by atoms with Crippen molar-refractivity contribution in [2.75, 3.05) is 6.61 Å². The molecule has 0 aliphatic heterocycles. The highest BCUT2D eigenvalue weighted by Crippen LogP contribution is 2.08. The number of rotatable bonds is 10. The van der Waals surface area contributed by atoms with Gasteiger partial charge in [-0.25, -0.2) is 4.79 Å². The molecule has 1 rings (SSSR count). The summed E-state index contributed by atoms with van der Waals surface area (Å²) in [6, 6.07) is 8.30. The Morgan fingerprint density at radius 3 is 1.90 bits per heavy atom. The number of allylic oxidation sites excluding steroid dienone is 1. The van der Waals surface area contributed by atoms with Gasteiger partial charge in [0, 0.05) is 6.61 Å². The first-order valence-electron chi connectivity index (χ1n) is 7.72. The first-order chi connectivity index (χ1) is 10.2. The molecule has 1 aromatic rings. The second kappa shape index (κ2) is 14.8. The lowest BCUT2D eigenvalue weighted by atomic mass is 10.1. The summed E-state index contributed by atoms with van der Waals surface area (Å²) in [6.07, 6.45) is 11.9. The average Bonchev–Trinajstić information content (AvgIpc) is 2.51. The van der Waals surface area contributed by atoms with Crippen molar-refractivity contribution in [1.29, 1.82) is 0 Å². The van der Waals surface area contributed by atoms with E-state index in [-0.39, 0.29) is 0 Å². The predicted molar refractivity (Wildman–Crippen MR) is 87.6 cm³/mol. The highest BCUT2D eigenvalue weighted by Gasteiger charge is 1.96. The molecule has 0 amide bonds. The number of hydrogen-bond acceptors (Lipinski definition) is 2. The highest BCUT2D eigenvalue weighted by atomic mass is 16.4. The van der Waals surface area contributed by atoms with Crippen molar-refractivity contribution in [3.63, 3.8) is 0 Å². The average molecular weight is 292 g/mol. The Bertz CT molecular complexity index is 360. The summed E-state index contributed by atoms with van der Waals surface area (Å²) in [4.78, 5) is 10.2. The van der Waals surface area contributed by atoms with Crippen molar-refractivity contribution in [3.05, 3.63) is 48.6 Å². The zero-order valence-corrected chi connectivity index (χ0v) is 12.8. The van der Waals surface area contributed by atoms with E-state index in [2.05, 4.69) is 6.58 Å². The normalized spacial score (nSPS) is 9.57. The summed E-state index contributed by atoms with van der Waals surface area (Å²) in [6.45, 7) is 4.05. The number of aliphatic hydroxyl groups is 1. The van der Waals surface area contributed by atoms with Crippen LogP contribution in [-0.2, 0) is 0 Å². The number of benzene rings is 1. The Kier molecular flexibility index (Phi) is 13.7. The molecule has 0 aliphatic rings. The van der Waals surface area contributed by atoms with Crippen LogP contribution in [0.4, 0.5) is 0 Å². The SMILES string of the molecule is C=CCCCCCCCCCO.O=C(O)c1ccccc1.